The van der Waals surface area contributed by atoms with Crippen molar-refractivity contribution in [1.29, 1.82) is 0 Å². The Balaban J connectivity index is 1.40. The van der Waals surface area contributed by atoms with Gasteiger partial charge < -0.3 is 14.5 Å². The van der Waals surface area contributed by atoms with Crippen LogP contribution < -0.4 is 0 Å². The van der Waals surface area contributed by atoms with E-state index < -0.39 is 5.41 Å². The lowest BCUT2D eigenvalue weighted by Gasteiger charge is -2.40. The van der Waals surface area contributed by atoms with Crippen molar-refractivity contribution >= 4 is 33.4 Å². The molecule has 7 heteroatoms. The SMILES string of the molecule is CC(Cc1nc2ccccc2s1)(C(=O)N1CCCC(C(=O)N2CCOCC2)C1)c1ccccc1. The minimum Gasteiger partial charge on any atom is -0.378 e. The fraction of sp³-hybridized carbons (Fsp3) is 0.444. The molecule has 2 fully saturated rings. The number of hydrogen-bond acceptors (Lipinski definition) is 5. The highest BCUT2D eigenvalue weighted by atomic mass is 32.1. The Morgan fingerprint density at radius 2 is 1.76 bits per heavy atom. The molecule has 2 aromatic carbocycles. The highest BCUT2D eigenvalue weighted by molar-refractivity contribution is 7.18. The number of hydrogen-bond donors (Lipinski definition) is 0. The Bertz CT molecular complexity index is 1130. The third-order valence-corrected chi connectivity index (χ3v) is 8.14. The van der Waals surface area contributed by atoms with Gasteiger partial charge >= 0.3 is 0 Å². The average Bonchev–Trinajstić information content (AvgIpc) is 3.31. The molecule has 0 saturated carbocycles. The number of likely N-dealkylation sites (tertiary alicyclic amines) is 1. The number of carbonyl (C=O) groups excluding carboxylic acids is 2. The Kier molecular flexibility index (Phi) is 6.66. The zero-order valence-corrected chi connectivity index (χ0v) is 20.4. The number of piperidine rings is 1. The molecular formula is C27H31N3O3S. The van der Waals surface area contributed by atoms with E-state index in [2.05, 4.69) is 6.07 Å². The number of thiazole rings is 1. The van der Waals surface area contributed by atoms with Crippen LogP contribution in [-0.4, -0.2) is 66.0 Å². The first-order chi connectivity index (χ1) is 16.5. The summed E-state index contributed by atoms with van der Waals surface area (Å²) < 4.78 is 6.54. The summed E-state index contributed by atoms with van der Waals surface area (Å²) >= 11 is 1.65. The maximum absolute atomic E-state index is 14.1. The Morgan fingerprint density at radius 3 is 2.53 bits per heavy atom. The molecule has 0 spiro atoms. The molecule has 5 rings (SSSR count). The maximum atomic E-state index is 14.1. The van der Waals surface area contributed by atoms with Crippen LogP contribution in [0, 0.1) is 5.92 Å². The smallest absolute Gasteiger partial charge is 0.233 e. The van der Waals surface area contributed by atoms with Crippen molar-refractivity contribution in [3.63, 3.8) is 0 Å². The monoisotopic (exact) mass is 477 g/mol. The largest absolute Gasteiger partial charge is 0.378 e. The normalized spacial score (nSPS) is 20.8. The van der Waals surface area contributed by atoms with Gasteiger partial charge in [0, 0.05) is 32.6 Å². The lowest BCUT2D eigenvalue weighted by Crippen LogP contribution is -2.53. The Labute approximate surface area is 204 Å². The van der Waals surface area contributed by atoms with Gasteiger partial charge in [-0.2, -0.15) is 0 Å². The van der Waals surface area contributed by atoms with Crippen molar-refractivity contribution in [1.82, 2.24) is 14.8 Å². The quantitative estimate of drug-likeness (QED) is 0.559. The van der Waals surface area contributed by atoms with Gasteiger partial charge in [-0.25, -0.2) is 4.98 Å². The molecular weight excluding hydrogens is 446 g/mol. The van der Waals surface area contributed by atoms with Gasteiger partial charge in [0.15, 0.2) is 0 Å². The predicted octanol–water partition coefficient (Wildman–Crippen LogP) is 3.89. The van der Waals surface area contributed by atoms with E-state index in [0.717, 1.165) is 33.6 Å². The van der Waals surface area contributed by atoms with Crippen molar-refractivity contribution in [2.24, 2.45) is 5.92 Å². The lowest BCUT2D eigenvalue weighted by atomic mass is 9.77. The highest BCUT2D eigenvalue weighted by Crippen LogP contribution is 2.35. The lowest BCUT2D eigenvalue weighted by molar-refractivity contribution is -0.146. The first-order valence-electron chi connectivity index (χ1n) is 12.1. The van der Waals surface area contributed by atoms with Crippen LogP contribution in [0.5, 0.6) is 0 Å². The van der Waals surface area contributed by atoms with Crippen LogP contribution in [0.1, 0.15) is 30.3 Å². The van der Waals surface area contributed by atoms with E-state index in [-0.39, 0.29) is 17.7 Å². The second kappa shape index (κ2) is 9.84. The van der Waals surface area contributed by atoms with Gasteiger partial charge in [0.25, 0.3) is 0 Å². The maximum Gasteiger partial charge on any atom is 0.233 e. The molecule has 3 aromatic rings. The fourth-order valence-electron chi connectivity index (χ4n) is 5.16. The number of fused-ring (bicyclic) bond motifs is 1. The van der Waals surface area contributed by atoms with Crippen LogP contribution in [0.2, 0.25) is 0 Å². The van der Waals surface area contributed by atoms with Crippen molar-refractivity contribution in [3.05, 3.63) is 65.2 Å². The molecule has 2 amide bonds. The van der Waals surface area contributed by atoms with E-state index in [0.29, 0.717) is 45.8 Å². The van der Waals surface area contributed by atoms with Crippen LogP contribution in [0.15, 0.2) is 54.6 Å². The third-order valence-electron chi connectivity index (χ3n) is 7.11. The van der Waals surface area contributed by atoms with Gasteiger partial charge in [0.2, 0.25) is 11.8 Å². The summed E-state index contributed by atoms with van der Waals surface area (Å²) in [7, 11) is 0. The molecule has 2 aliphatic heterocycles. The molecule has 0 aliphatic carbocycles. The van der Waals surface area contributed by atoms with Crippen LogP contribution in [-0.2, 0) is 26.2 Å². The van der Waals surface area contributed by atoms with Gasteiger partial charge in [0.05, 0.1) is 39.8 Å². The Morgan fingerprint density at radius 1 is 1.03 bits per heavy atom. The highest BCUT2D eigenvalue weighted by Gasteiger charge is 2.42. The zero-order valence-electron chi connectivity index (χ0n) is 19.6. The minimum absolute atomic E-state index is 0.0810. The summed E-state index contributed by atoms with van der Waals surface area (Å²) in [5.74, 6) is 0.101. The molecule has 178 valence electrons. The fourth-order valence-corrected chi connectivity index (χ4v) is 6.28. The standard InChI is InChI=1S/C27H31N3O3S/c1-27(21-9-3-2-4-10-21,18-24-28-22-11-5-6-12-23(22)34-24)26(32)30-13-7-8-20(19-30)25(31)29-14-16-33-17-15-29/h2-6,9-12,20H,7-8,13-19H2,1H3. The van der Waals surface area contributed by atoms with Gasteiger partial charge in [0.1, 0.15) is 0 Å². The number of rotatable bonds is 5. The summed E-state index contributed by atoms with van der Waals surface area (Å²) in [6, 6.07) is 18.1. The van der Waals surface area contributed by atoms with Gasteiger partial charge in [-0.1, -0.05) is 42.5 Å². The predicted molar refractivity (Wildman–Crippen MR) is 134 cm³/mol. The van der Waals surface area contributed by atoms with Crippen molar-refractivity contribution in [3.8, 4) is 0 Å². The number of morpholine rings is 1. The number of aromatic nitrogens is 1. The second-order valence-corrected chi connectivity index (χ2v) is 10.6. The molecule has 6 nitrogen and oxygen atoms in total. The number of para-hydroxylation sites is 1. The van der Waals surface area contributed by atoms with E-state index in [4.69, 9.17) is 9.72 Å². The minimum atomic E-state index is -0.751. The molecule has 1 aromatic heterocycles. The van der Waals surface area contributed by atoms with E-state index in [9.17, 15) is 9.59 Å². The first kappa shape index (κ1) is 23.0. The molecule has 0 bridgehead atoms. The molecule has 34 heavy (non-hydrogen) atoms. The number of nitrogens with zero attached hydrogens (tertiary/aromatic N) is 3. The van der Waals surface area contributed by atoms with Crippen LogP contribution in [0.25, 0.3) is 10.2 Å². The van der Waals surface area contributed by atoms with Gasteiger partial charge in [-0.15, -0.1) is 11.3 Å². The van der Waals surface area contributed by atoms with Crippen LogP contribution in [0.4, 0.5) is 0 Å². The summed E-state index contributed by atoms with van der Waals surface area (Å²) in [6.07, 6.45) is 2.21. The summed E-state index contributed by atoms with van der Waals surface area (Å²) in [4.78, 5) is 36.0. The van der Waals surface area contributed by atoms with Gasteiger partial charge in [-0.3, -0.25) is 9.59 Å². The Hall–Kier alpha value is -2.77. The van der Waals surface area contributed by atoms with E-state index in [1.165, 1.54) is 0 Å². The van der Waals surface area contributed by atoms with Gasteiger partial charge in [-0.05, 0) is 37.5 Å². The third kappa shape index (κ3) is 4.59. The van der Waals surface area contributed by atoms with Crippen LogP contribution >= 0.6 is 11.3 Å². The molecule has 2 aliphatic rings. The van der Waals surface area contributed by atoms with E-state index in [1.54, 1.807) is 11.3 Å². The molecule has 0 N–H and O–H groups in total. The first-order valence-corrected chi connectivity index (χ1v) is 12.9. The topological polar surface area (TPSA) is 62.7 Å². The number of benzene rings is 2. The summed E-state index contributed by atoms with van der Waals surface area (Å²) in [5.41, 5.74) is 1.21. The molecule has 2 unspecified atom stereocenters. The molecule has 3 heterocycles. The van der Waals surface area contributed by atoms with Crippen molar-refractivity contribution < 1.29 is 14.3 Å². The van der Waals surface area contributed by atoms with E-state index in [1.807, 2.05) is 65.3 Å². The van der Waals surface area contributed by atoms with Crippen molar-refractivity contribution in [2.45, 2.75) is 31.6 Å². The average molecular weight is 478 g/mol. The summed E-state index contributed by atoms with van der Waals surface area (Å²) in [6.45, 7) is 5.67. The molecule has 2 atom stereocenters. The number of carbonyl (C=O) groups is 2. The second-order valence-electron chi connectivity index (χ2n) is 9.48. The number of amides is 2. The molecule has 2 saturated heterocycles. The van der Waals surface area contributed by atoms with Crippen molar-refractivity contribution in [2.75, 3.05) is 39.4 Å². The summed E-state index contributed by atoms with van der Waals surface area (Å²) in [5, 5.41) is 0.957. The number of ether oxygens (including phenoxy) is 1. The van der Waals surface area contributed by atoms with Crippen LogP contribution in [0.3, 0.4) is 0 Å². The van der Waals surface area contributed by atoms with E-state index >= 15 is 0 Å². The zero-order chi connectivity index (χ0) is 23.5. The molecule has 0 radical (unpaired) electrons.